The fraction of sp³-hybridized carbons (Fsp3) is 0.200. The molecule has 9 nitrogen and oxygen atoms in total. The fourth-order valence-electron chi connectivity index (χ4n) is 4.34. The van der Waals surface area contributed by atoms with E-state index in [1.807, 2.05) is 47.2 Å². The maximum Gasteiger partial charge on any atom is 0.257 e. The van der Waals surface area contributed by atoms with Crippen LogP contribution < -0.4 is 10.2 Å². The summed E-state index contributed by atoms with van der Waals surface area (Å²) in [5.74, 6) is 0.711. The van der Waals surface area contributed by atoms with Crippen LogP contribution in [0.15, 0.2) is 67.4 Å². The van der Waals surface area contributed by atoms with E-state index in [0.29, 0.717) is 11.3 Å². The molecule has 5 aromatic rings. The van der Waals surface area contributed by atoms with Crippen LogP contribution in [0.25, 0.3) is 27.7 Å². The van der Waals surface area contributed by atoms with Gasteiger partial charge < -0.3 is 20.1 Å². The minimum absolute atomic E-state index is 0.220. The first-order chi connectivity index (χ1) is 16.6. The van der Waals surface area contributed by atoms with Crippen LogP contribution in [0.1, 0.15) is 10.4 Å². The Morgan fingerprint density at radius 2 is 1.91 bits per heavy atom. The number of carbonyl (C=O) groups is 1. The topological polar surface area (TPSA) is 94.4 Å². The molecular weight excluding hydrogens is 428 g/mol. The summed E-state index contributed by atoms with van der Waals surface area (Å²) >= 11 is 0. The van der Waals surface area contributed by atoms with Gasteiger partial charge >= 0.3 is 0 Å². The number of likely N-dealkylation sites (N-methyl/N-ethyl adjacent to an activating group) is 1. The molecule has 1 fully saturated rings. The summed E-state index contributed by atoms with van der Waals surface area (Å²) in [6.07, 6.45) is 8.91. The van der Waals surface area contributed by atoms with Gasteiger partial charge in [-0.3, -0.25) is 4.79 Å². The van der Waals surface area contributed by atoms with Gasteiger partial charge in [0.25, 0.3) is 5.91 Å². The smallest absolute Gasteiger partial charge is 0.257 e. The third kappa shape index (κ3) is 3.75. The van der Waals surface area contributed by atoms with Crippen molar-refractivity contribution in [3.8, 4) is 11.1 Å². The number of rotatable bonds is 4. The van der Waals surface area contributed by atoms with Crippen molar-refractivity contribution in [3.63, 3.8) is 0 Å². The summed E-state index contributed by atoms with van der Waals surface area (Å²) in [5.41, 5.74) is 4.89. The van der Waals surface area contributed by atoms with E-state index >= 15 is 0 Å². The van der Waals surface area contributed by atoms with E-state index < -0.39 is 0 Å². The van der Waals surface area contributed by atoms with Gasteiger partial charge in [0.1, 0.15) is 11.5 Å². The number of hydrogen-bond donors (Lipinski definition) is 2. The first kappa shape index (κ1) is 20.4. The minimum atomic E-state index is -0.220. The normalized spacial score (nSPS) is 14.7. The lowest BCUT2D eigenvalue weighted by molar-refractivity contribution is 0.102. The Balaban J connectivity index is 1.22. The van der Waals surface area contributed by atoms with Crippen molar-refractivity contribution in [2.24, 2.45) is 0 Å². The Hall–Kier alpha value is -4.24. The van der Waals surface area contributed by atoms with Crippen LogP contribution in [0.2, 0.25) is 0 Å². The summed E-state index contributed by atoms with van der Waals surface area (Å²) < 4.78 is 1.82. The lowest BCUT2D eigenvalue weighted by atomic mass is 10.1. The van der Waals surface area contributed by atoms with Gasteiger partial charge in [0, 0.05) is 61.9 Å². The third-order valence-electron chi connectivity index (χ3n) is 6.34. The number of anilines is 2. The van der Waals surface area contributed by atoms with Gasteiger partial charge in [-0.1, -0.05) is 0 Å². The number of nitrogens with one attached hydrogen (secondary N) is 2. The molecule has 0 unspecified atom stereocenters. The van der Waals surface area contributed by atoms with E-state index in [1.54, 1.807) is 18.6 Å². The molecule has 6 heterocycles. The quantitative estimate of drug-likeness (QED) is 0.435. The van der Waals surface area contributed by atoms with Gasteiger partial charge in [-0.25, -0.2) is 14.5 Å². The van der Waals surface area contributed by atoms with Gasteiger partial charge in [-0.05, 0) is 49.0 Å². The molecule has 9 heteroatoms. The Morgan fingerprint density at radius 3 is 2.74 bits per heavy atom. The second-order valence-electron chi connectivity index (χ2n) is 8.59. The molecule has 5 aromatic heterocycles. The number of amides is 1. The molecule has 0 aliphatic carbocycles. The third-order valence-corrected chi connectivity index (χ3v) is 6.34. The molecule has 0 spiro atoms. The van der Waals surface area contributed by atoms with E-state index in [1.165, 1.54) is 0 Å². The lowest BCUT2D eigenvalue weighted by Crippen LogP contribution is -2.44. The number of pyridine rings is 3. The standard InChI is InChI=1S/C25H24N8O/c1-31-8-10-32(11-9-31)23-3-2-19(15-26-23)30-25(34)18-13-21-22(16-28-24(21)27-14-18)17-5-7-33-20(12-17)4-6-29-33/h2-7,12-16H,8-11H2,1H3,(H,27,28)(H,30,34). The summed E-state index contributed by atoms with van der Waals surface area (Å²) in [6.45, 7) is 3.95. The van der Waals surface area contributed by atoms with Crippen LogP contribution in [0, 0.1) is 0 Å². The number of aromatic amines is 1. The predicted octanol–water partition coefficient (Wildman–Crippen LogP) is 3.28. The van der Waals surface area contributed by atoms with Gasteiger partial charge in [0.15, 0.2) is 0 Å². The summed E-state index contributed by atoms with van der Waals surface area (Å²) in [4.78, 5) is 29.8. The molecule has 0 atom stereocenters. The number of carbonyl (C=O) groups excluding carboxylic acids is 1. The molecule has 1 aliphatic heterocycles. The van der Waals surface area contributed by atoms with Gasteiger partial charge in [-0.15, -0.1) is 0 Å². The highest BCUT2D eigenvalue weighted by Gasteiger charge is 2.16. The van der Waals surface area contributed by atoms with Crippen molar-refractivity contribution in [2.45, 2.75) is 0 Å². The maximum absolute atomic E-state index is 13.0. The molecule has 0 saturated carbocycles. The number of aromatic nitrogens is 5. The van der Waals surface area contributed by atoms with Crippen molar-refractivity contribution >= 4 is 34.0 Å². The van der Waals surface area contributed by atoms with Crippen molar-refractivity contribution in [2.75, 3.05) is 43.4 Å². The fourth-order valence-corrected chi connectivity index (χ4v) is 4.34. The van der Waals surface area contributed by atoms with E-state index in [-0.39, 0.29) is 5.91 Å². The molecule has 2 N–H and O–H groups in total. The monoisotopic (exact) mass is 452 g/mol. The number of nitrogens with zero attached hydrogens (tertiary/aromatic N) is 6. The maximum atomic E-state index is 13.0. The molecule has 0 bridgehead atoms. The highest BCUT2D eigenvalue weighted by atomic mass is 16.1. The van der Waals surface area contributed by atoms with E-state index in [0.717, 1.165) is 59.7 Å². The molecule has 1 aliphatic rings. The molecular formula is C25H24N8O. The molecule has 0 aromatic carbocycles. The second kappa shape index (κ2) is 8.27. The Labute approximate surface area is 196 Å². The Kier molecular flexibility index (Phi) is 4.96. The van der Waals surface area contributed by atoms with Crippen LogP contribution in [0.5, 0.6) is 0 Å². The zero-order valence-electron chi connectivity index (χ0n) is 18.8. The van der Waals surface area contributed by atoms with Crippen LogP contribution in [0.3, 0.4) is 0 Å². The highest BCUT2D eigenvalue weighted by Crippen LogP contribution is 2.29. The summed E-state index contributed by atoms with van der Waals surface area (Å²) in [5, 5.41) is 8.08. The predicted molar refractivity (Wildman–Crippen MR) is 132 cm³/mol. The first-order valence-corrected chi connectivity index (χ1v) is 11.3. The van der Waals surface area contributed by atoms with Crippen LogP contribution in [-0.4, -0.2) is 68.6 Å². The largest absolute Gasteiger partial charge is 0.354 e. The molecule has 0 radical (unpaired) electrons. The molecule has 170 valence electrons. The van der Waals surface area contributed by atoms with Crippen molar-refractivity contribution < 1.29 is 4.79 Å². The van der Waals surface area contributed by atoms with E-state index in [2.05, 4.69) is 48.3 Å². The number of fused-ring (bicyclic) bond motifs is 2. The Morgan fingerprint density at radius 1 is 1.03 bits per heavy atom. The first-order valence-electron chi connectivity index (χ1n) is 11.3. The zero-order valence-corrected chi connectivity index (χ0v) is 18.8. The molecule has 1 amide bonds. The van der Waals surface area contributed by atoms with Gasteiger partial charge in [0.05, 0.1) is 23.0 Å². The SMILES string of the molecule is CN1CCN(c2ccc(NC(=O)c3cnc4[nH]cc(-c5ccn6nccc6c5)c4c3)cn2)CC1. The molecule has 6 rings (SSSR count). The van der Waals surface area contributed by atoms with Crippen LogP contribution in [0.4, 0.5) is 11.5 Å². The summed E-state index contributed by atoms with van der Waals surface area (Å²) in [7, 11) is 2.13. The molecule has 34 heavy (non-hydrogen) atoms. The minimum Gasteiger partial charge on any atom is -0.354 e. The van der Waals surface area contributed by atoms with Crippen molar-refractivity contribution in [1.82, 2.24) is 29.5 Å². The zero-order chi connectivity index (χ0) is 23.1. The van der Waals surface area contributed by atoms with Crippen molar-refractivity contribution in [1.29, 1.82) is 0 Å². The van der Waals surface area contributed by atoms with Crippen molar-refractivity contribution in [3.05, 3.63) is 72.9 Å². The van der Waals surface area contributed by atoms with Gasteiger partial charge in [0.2, 0.25) is 0 Å². The Bertz CT molecular complexity index is 1480. The highest BCUT2D eigenvalue weighted by molar-refractivity contribution is 6.07. The van der Waals surface area contributed by atoms with Gasteiger partial charge in [-0.2, -0.15) is 5.10 Å². The number of H-pyrrole nitrogens is 1. The average molecular weight is 453 g/mol. The lowest BCUT2D eigenvalue weighted by Gasteiger charge is -2.33. The second-order valence-corrected chi connectivity index (χ2v) is 8.59. The average Bonchev–Trinajstić information content (AvgIpc) is 3.51. The van der Waals surface area contributed by atoms with E-state index in [9.17, 15) is 4.79 Å². The number of hydrogen-bond acceptors (Lipinski definition) is 6. The van der Waals surface area contributed by atoms with E-state index in [4.69, 9.17) is 0 Å². The van der Waals surface area contributed by atoms with Crippen LogP contribution >= 0.6 is 0 Å². The van der Waals surface area contributed by atoms with Crippen LogP contribution in [-0.2, 0) is 0 Å². The number of piperazine rings is 1. The summed E-state index contributed by atoms with van der Waals surface area (Å²) in [6, 6.07) is 11.7. The molecule has 1 saturated heterocycles.